The summed E-state index contributed by atoms with van der Waals surface area (Å²) in [4.78, 5) is 29.8. The molecule has 0 radical (unpaired) electrons. The van der Waals surface area contributed by atoms with Gasteiger partial charge < -0.3 is 15.1 Å². The standard InChI is InChI=1S/C27H46N6O/c1-3-10-22(11-4-2)26(34)33-18-9-12-24(21-33)32-19-14-23(20-32)29-27-28-15-13-25(30-27)31-16-7-5-6-8-17-31/h13,15,22-24H,3-12,14,16-21H2,1-2H3,(H,28,29,30). The predicted molar refractivity (Wildman–Crippen MR) is 139 cm³/mol. The number of anilines is 2. The SMILES string of the molecule is CCCC(CCC)C(=O)N1CCCC(N2CCC(Nc3nccc(N4CCCCCC4)n3)C2)C1. The minimum Gasteiger partial charge on any atom is -0.356 e. The Balaban J connectivity index is 1.30. The average Bonchev–Trinajstić information content (AvgIpc) is 3.15. The lowest BCUT2D eigenvalue weighted by molar-refractivity contribution is -0.138. The summed E-state index contributed by atoms with van der Waals surface area (Å²) < 4.78 is 0. The molecule has 34 heavy (non-hydrogen) atoms. The van der Waals surface area contributed by atoms with Crippen molar-refractivity contribution in [3.8, 4) is 0 Å². The number of amides is 1. The van der Waals surface area contributed by atoms with E-state index in [1.165, 1.54) is 32.1 Å². The topological polar surface area (TPSA) is 64.6 Å². The lowest BCUT2D eigenvalue weighted by Gasteiger charge is -2.39. The smallest absolute Gasteiger partial charge is 0.225 e. The fourth-order valence-electron chi connectivity index (χ4n) is 6.11. The Hall–Kier alpha value is -1.89. The molecule has 4 rings (SSSR count). The number of hydrogen-bond donors (Lipinski definition) is 1. The largest absolute Gasteiger partial charge is 0.356 e. The zero-order valence-electron chi connectivity index (χ0n) is 21.6. The molecule has 0 aromatic carbocycles. The predicted octanol–water partition coefficient (Wildman–Crippen LogP) is 4.55. The first-order valence-electron chi connectivity index (χ1n) is 14.0. The van der Waals surface area contributed by atoms with Crippen molar-refractivity contribution < 1.29 is 4.79 Å². The number of hydrogen-bond acceptors (Lipinski definition) is 6. The van der Waals surface area contributed by atoms with Gasteiger partial charge in [0.15, 0.2) is 0 Å². The molecular weight excluding hydrogens is 424 g/mol. The number of rotatable bonds is 9. The number of nitrogens with zero attached hydrogens (tertiary/aromatic N) is 5. The van der Waals surface area contributed by atoms with Gasteiger partial charge in [-0.15, -0.1) is 0 Å². The maximum absolute atomic E-state index is 13.2. The van der Waals surface area contributed by atoms with Crippen molar-refractivity contribution in [2.75, 3.05) is 49.5 Å². The van der Waals surface area contributed by atoms with Crippen molar-refractivity contribution in [2.24, 2.45) is 5.92 Å². The second-order valence-corrected chi connectivity index (χ2v) is 10.6. The van der Waals surface area contributed by atoms with Crippen LogP contribution < -0.4 is 10.2 Å². The molecule has 1 aromatic rings. The van der Waals surface area contributed by atoms with Crippen molar-refractivity contribution in [3.05, 3.63) is 12.3 Å². The van der Waals surface area contributed by atoms with Crippen LogP contribution in [0.3, 0.4) is 0 Å². The summed E-state index contributed by atoms with van der Waals surface area (Å²) in [5, 5.41) is 3.62. The Labute approximate surface area is 206 Å². The summed E-state index contributed by atoms with van der Waals surface area (Å²) in [5.74, 6) is 2.44. The molecule has 0 saturated carbocycles. The third-order valence-corrected chi connectivity index (χ3v) is 7.97. The molecule has 7 nitrogen and oxygen atoms in total. The Kier molecular flexibility index (Phi) is 9.42. The molecule has 190 valence electrons. The van der Waals surface area contributed by atoms with Crippen LogP contribution in [0.4, 0.5) is 11.8 Å². The van der Waals surface area contributed by atoms with E-state index in [0.717, 1.165) is 89.6 Å². The van der Waals surface area contributed by atoms with Crippen LogP contribution >= 0.6 is 0 Å². The number of aromatic nitrogens is 2. The first kappa shape index (κ1) is 25.2. The van der Waals surface area contributed by atoms with Crippen LogP contribution in [0, 0.1) is 5.92 Å². The van der Waals surface area contributed by atoms with Crippen molar-refractivity contribution in [1.82, 2.24) is 19.8 Å². The van der Waals surface area contributed by atoms with Crippen LogP contribution in [-0.2, 0) is 4.79 Å². The highest BCUT2D eigenvalue weighted by atomic mass is 16.2. The molecule has 4 heterocycles. The van der Waals surface area contributed by atoms with E-state index < -0.39 is 0 Å². The second-order valence-electron chi connectivity index (χ2n) is 10.6. The van der Waals surface area contributed by atoms with Crippen molar-refractivity contribution >= 4 is 17.7 Å². The van der Waals surface area contributed by atoms with Crippen molar-refractivity contribution in [3.63, 3.8) is 0 Å². The van der Waals surface area contributed by atoms with E-state index in [2.05, 4.69) is 44.9 Å². The van der Waals surface area contributed by atoms with Crippen molar-refractivity contribution in [1.29, 1.82) is 0 Å². The minimum absolute atomic E-state index is 0.218. The Morgan fingerprint density at radius 2 is 1.76 bits per heavy atom. The Morgan fingerprint density at radius 1 is 1.00 bits per heavy atom. The zero-order chi connectivity index (χ0) is 23.8. The molecule has 2 atom stereocenters. The molecular formula is C27H46N6O. The summed E-state index contributed by atoms with van der Waals surface area (Å²) in [7, 11) is 0. The van der Waals surface area contributed by atoms with Gasteiger partial charge in [0.2, 0.25) is 11.9 Å². The summed E-state index contributed by atoms with van der Waals surface area (Å²) in [6.45, 7) is 10.5. The summed E-state index contributed by atoms with van der Waals surface area (Å²) in [6.07, 6.45) is 14.7. The number of nitrogens with one attached hydrogen (secondary N) is 1. The highest BCUT2D eigenvalue weighted by molar-refractivity contribution is 5.79. The molecule has 2 unspecified atom stereocenters. The number of carbonyl (C=O) groups is 1. The highest BCUT2D eigenvalue weighted by Gasteiger charge is 2.34. The first-order chi connectivity index (χ1) is 16.7. The van der Waals surface area contributed by atoms with Gasteiger partial charge >= 0.3 is 0 Å². The molecule has 3 saturated heterocycles. The Morgan fingerprint density at radius 3 is 2.50 bits per heavy atom. The third-order valence-electron chi connectivity index (χ3n) is 7.97. The molecule has 3 fully saturated rings. The quantitative estimate of drug-likeness (QED) is 0.571. The fraction of sp³-hybridized carbons (Fsp3) is 0.815. The van der Waals surface area contributed by atoms with E-state index in [9.17, 15) is 4.79 Å². The van der Waals surface area contributed by atoms with Gasteiger partial charge in [0.1, 0.15) is 5.82 Å². The lowest BCUT2D eigenvalue weighted by Crippen LogP contribution is -2.51. The molecule has 3 aliphatic heterocycles. The van der Waals surface area contributed by atoms with E-state index in [-0.39, 0.29) is 5.92 Å². The first-order valence-corrected chi connectivity index (χ1v) is 14.0. The van der Waals surface area contributed by atoms with Gasteiger partial charge in [-0.05, 0) is 51.0 Å². The summed E-state index contributed by atoms with van der Waals surface area (Å²) in [5.41, 5.74) is 0. The van der Waals surface area contributed by atoms with Gasteiger partial charge in [-0.1, -0.05) is 39.5 Å². The van der Waals surface area contributed by atoms with E-state index in [0.29, 0.717) is 18.0 Å². The lowest BCUT2D eigenvalue weighted by atomic mass is 9.94. The highest BCUT2D eigenvalue weighted by Crippen LogP contribution is 2.25. The molecule has 0 spiro atoms. The average molecular weight is 471 g/mol. The van der Waals surface area contributed by atoms with E-state index in [4.69, 9.17) is 4.98 Å². The van der Waals surface area contributed by atoms with Gasteiger partial charge in [0.25, 0.3) is 0 Å². The van der Waals surface area contributed by atoms with Crippen LogP contribution in [0.2, 0.25) is 0 Å². The zero-order valence-corrected chi connectivity index (χ0v) is 21.6. The van der Waals surface area contributed by atoms with Gasteiger partial charge in [-0.2, -0.15) is 4.98 Å². The molecule has 1 amide bonds. The second kappa shape index (κ2) is 12.7. The molecule has 0 aliphatic carbocycles. The van der Waals surface area contributed by atoms with Crippen LogP contribution in [-0.4, -0.2) is 77.0 Å². The van der Waals surface area contributed by atoms with E-state index >= 15 is 0 Å². The third kappa shape index (κ3) is 6.61. The number of likely N-dealkylation sites (tertiary alicyclic amines) is 2. The number of piperidine rings is 1. The summed E-state index contributed by atoms with van der Waals surface area (Å²) >= 11 is 0. The van der Waals surface area contributed by atoms with Crippen molar-refractivity contribution in [2.45, 2.75) is 96.6 Å². The fourth-order valence-corrected chi connectivity index (χ4v) is 6.11. The van der Waals surface area contributed by atoms with Gasteiger partial charge in [0.05, 0.1) is 0 Å². The van der Waals surface area contributed by atoms with Crippen LogP contribution in [0.15, 0.2) is 12.3 Å². The van der Waals surface area contributed by atoms with Crippen LogP contribution in [0.25, 0.3) is 0 Å². The van der Waals surface area contributed by atoms with E-state index in [1.54, 1.807) is 0 Å². The van der Waals surface area contributed by atoms with Gasteiger partial charge in [-0.25, -0.2) is 4.98 Å². The monoisotopic (exact) mass is 470 g/mol. The maximum atomic E-state index is 13.2. The van der Waals surface area contributed by atoms with Gasteiger partial charge in [-0.3, -0.25) is 9.69 Å². The van der Waals surface area contributed by atoms with Crippen LogP contribution in [0.5, 0.6) is 0 Å². The molecule has 1 aromatic heterocycles. The van der Waals surface area contributed by atoms with E-state index in [1.807, 2.05) is 6.20 Å². The number of carbonyl (C=O) groups excluding carboxylic acids is 1. The molecule has 0 bridgehead atoms. The molecule has 3 aliphatic rings. The minimum atomic E-state index is 0.218. The Bertz CT molecular complexity index is 759. The summed E-state index contributed by atoms with van der Waals surface area (Å²) in [6, 6.07) is 2.91. The maximum Gasteiger partial charge on any atom is 0.225 e. The van der Waals surface area contributed by atoms with Crippen LogP contribution in [0.1, 0.15) is 84.5 Å². The molecule has 7 heteroatoms. The normalized spacial score (nSPS) is 24.4. The molecule has 1 N–H and O–H groups in total. The van der Waals surface area contributed by atoms with Gasteiger partial charge in [0, 0.05) is 63.5 Å².